The van der Waals surface area contributed by atoms with E-state index in [4.69, 9.17) is 0 Å². The van der Waals surface area contributed by atoms with Crippen LogP contribution >= 0.6 is 0 Å². The molecule has 0 aromatic heterocycles. The Labute approximate surface area is 398 Å². The first-order valence-corrected chi connectivity index (χ1v) is 26.7. The number of nitrogens with zero attached hydrogens (tertiary/aromatic N) is 2. The third kappa shape index (κ3) is 27.4. The molecule has 0 aliphatic carbocycles. The second-order valence-electron chi connectivity index (χ2n) is 18.2. The molecular weight excluding hydrogens is 795 g/mol. The molecule has 356 valence electrons. The molecule has 0 bridgehead atoms. The maximum Gasteiger partial charge on any atom is 2.00 e. The Balaban J connectivity index is 0.00000213. The predicted octanol–water partition coefficient (Wildman–Crippen LogP) is 20.6. The maximum atomic E-state index is 12.2. The maximum absolute atomic E-state index is 12.2. The van der Waals surface area contributed by atoms with Gasteiger partial charge < -0.3 is 19.4 Å². The minimum absolute atomic E-state index is 0. The van der Waals surface area contributed by atoms with Crippen LogP contribution < -0.4 is 0 Å². The molecule has 1 heterocycles. The van der Waals surface area contributed by atoms with Crippen LogP contribution in [0, 0.1) is 13.8 Å². The molecule has 0 saturated heterocycles. The molecule has 1 aliphatic heterocycles. The van der Waals surface area contributed by atoms with Gasteiger partial charge in [-0.25, -0.2) is 4.70 Å². The van der Waals surface area contributed by atoms with E-state index >= 15 is 0 Å². The largest absolute Gasteiger partial charge is 2.00 e. The molecule has 0 spiro atoms. The summed E-state index contributed by atoms with van der Waals surface area (Å²) in [4.78, 5) is 0. The molecule has 3 heteroatoms. The molecule has 2 nitrogen and oxygen atoms in total. The van der Waals surface area contributed by atoms with Gasteiger partial charge in [-0.3, -0.25) is 0 Å². The van der Waals surface area contributed by atoms with E-state index in [0.717, 1.165) is 49.9 Å². The van der Waals surface area contributed by atoms with Crippen LogP contribution in [0.5, 0.6) is 0 Å². The summed E-state index contributed by atoms with van der Waals surface area (Å²) in [5.41, 5.74) is 22.3. The first-order valence-electron chi connectivity index (χ1n) is 26.7. The fraction of sp³-hybridized carbons (Fsp3) is 0.695. The zero-order valence-electron chi connectivity index (χ0n) is 42.0. The van der Waals surface area contributed by atoms with Crippen molar-refractivity contribution in [3.63, 3.8) is 0 Å². The molecule has 1 aliphatic rings. The Morgan fingerprint density at radius 1 is 0.371 bits per heavy atom. The van der Waals surface area contributed by atoms with Crippen LogP contribution in [0.1, 0.15) is 276 Å². The summed E-state index contributed by atoms with van der Waals surface area (Å²) in [5, 5.41) is 0. The SMILES string of the molecule is CCCCCCCCc1cccc(C2=C(CCCCCC)C(CCCCCCC)=C(c3cccc(CCCCCCCC)c3)[N+]2=[N-])c1.[CH2-]CCCCCC.[CH2-]CCCCCC.[Ni+2]. The van der Waals surface area contributed by atoms with Crippen molar-refractivity contribution in [1.82, 2.24) is 0 Å². The van der Waals surface area contributed by atoms with Gasteiger partial charge >= 0.3 is 16.5 Å². The molecular formula is C59H100N2Ni. The van der Waals surface area contributed by atoms with Crippen LogP contribution in [0.25, 0.3) is 16.9 Å². The zero-order valence-corrected chi connectivity index (χ0v) is 43.0. The minimum Gasteiger partial charge on any atom is -0.493 e. The van der Waals surface area contributed by atoms with Crippen LogP contribution in [-0.4, -0.2) is 4.70 Å². The number of hydrogen-bond donors (Lipinski definition) is 0. The number of aryl methyl sites for hydroxylation is 2. The van der Waals surface area contributed by atoms with Crippen LogP contribution in [0.3, 0.4) is 0 Å². The van der Waals surface area contributed by atoms with Crippen molar-refractivity contribution in [3.8, 4) is 0 Å². The van der Waals surface area contributed by atoms with Crippen LogP contribution in [0.15, 0.2) is 59.7 Å². The molecule has 0 amide bonds. The summed E-state index contributed by atoms with van der Waals surface area (Å²) in [6.45, 7) is 21.1. The second kappa shape index (κ2) is 42.9. The van der Waals surface area contributed by atoms with Gasteiger partial charge in [-0.2, -0.15) is 12.8 Å². The Bertz CT molecular complexity index is 1380. The number of hydrogen-bond acceptors (Lipinski definition) is 0. The van der Waals surface area contributed by atoms with Gasteiger partial charge in [-0.15, -0.1) is 0 Å². The molecule has 2 aromatic rings. The Kier molecular flexibility index (Phi) is 41.6. The van der Waals surface area contributed by atoms with Crippen molar-refractivity contribution in [3.05, 3.63) is 101 Å². The average Bonchev–Trinajstić information content (AvgIpc) is 3.55. The number of allylic oxidation sites excluding steroid dienone is 2. The van der Waals surface area contributed by atoms with Crippen LogP contribution in [0.2, 0.25) is 0 Å². The van der Waals surface area contributed by atoms with Crippen molar-refractivity contribution >= 4 is 11.4 Å². The third-order valence-electron chi connectivity index (χ3n) is 12.4. The molecule has 0 unspecified atom stereocenters. The van der Waals surface area contributed by atoms with E-state index in [1.807, 2.05) is 0 Å². The number of benzene rings is 2. The monoisotopic (exact) mass is 895 g/mol. The van der Waals surface area contributed by atoms with E-state index in [-0.39, 0.29) is 16.5 Å². The number of unbranched alkanes of at least 4 members (excludes halogenated alkanes) is 25. The van der Waals surface area contributed by atoms with E-state index in [9.17, 15) is 5.53 Å². The number of rotatable bonds is 35. The fourth-order valence-electron chi connectivity index (χ4n) is 8.59. The second-order valence-corrected chi connectivity index (χ2v) is 18.2. The standard InChI is InChI=1S/C45H70N2.2C7H15.Ni/c1-5-9-13-17-20-22-28-38-30-26-32-40(36-38)44-42(34-24-16-12-8-4)43(35-25-19-15-11-7-3)45(47(44)46)41-33-27-31-39(37-41)29-23-21-18-14-10-6-2;2*1-3-5-7-6-4-2;/h26-27,30-33,36-37H,5-25,28-29,34-35H2,1-4H3;2*1,3-7H2,2H3;/q;2*-1;+2. The van der Waals surface area contributed by atoms with Gasteiger partial charge in [0.05, 0.1) is 0 Å². The Hall–Kier alpha value is -1.99. The summed E-state index contributed by atoms with van der Waals surface area (Å²) < 4.78 is 1.62. The van der Waals surface area contributed by atoms with E-state index in [1.165, 1.54) is 220 Å². The van der Waals surface area contributed by atoms with Gasteiger partial charge in [-0.05, 0) is 86.8 Å². The van der Waals surface area contributed by atoms with Crippen molar-refractivity contribution in [1.29, 1.82) is 0 Å². The molecule has 0 N–H and O–H groups in total. The molecule has 0 fully saturated rings. The van der Waals surface area contributed by atoms with Crippen molar-refractivity contribution in [2.24, 2.45) is 0 Å². The van der Waals surface area contributed by atoms with Gasteiger partial charge in [0, 0.05) is 22.3 Å². The van der Waals surface area contributed by atoms with Gasteiger partial charge in [0.2, 0.25) is 11.4 Å². The van der Waals surface area contributed by atoms with Crippen molar-refractivity contribution in [2.45, 2.75) is 266 Å². The van der Waals surface area contributed by atoms with Gasteiger partial charge in [0.25, 0.3) is 0 Å². The molecule has 2 aromatic carbocycles. The van der Waals surface area contributed by atoms with E-state index in [1.54, 1.807) is 4.70 Å². The smallest absolute Gasteiger partial charge is 0.493 e. The van der Waals surface area contributed by atoms with Crippen LogP contribution in [0.4, 0.5) is 0 Å². The first-order chi connectivity index (χ1) is 30.0. The zero-order chi connectivity index (χ0) is 44.6. The van der Waals surface area contributed by atoms with Crippen molar-refractivity contribution < 1.29 is 21.2 Å². The average molecular weight is 896 g/mol. The van der Waals surface area contributed by atoms with Gasteiger partial charge in [-0.1, -0.05) is 226 Å². The van der Waals surface area contributed by atoms with Gasteiger partial charge in [0.1, 0.15) is 0 Å². The Morgan fingerprint density at radius 3 is 0.968 bits per heavy atom. The first kappa shape index (κ1) is 60.0. The van der Waals surface area contributed by atoms with Crippen molar-refractivity contribution in [2.75, 3.05) is 0 Å². The summed E-state index contributed by atoms with van der Waals surface area (Å²) in [5.74, 6) is 0. The topological polar surface area (TPSA) is 25.3 Å². The summed E-state index contributed by atoms with van der Waals surface area (Å²) >= 11 is 0. The summed E-state index contributed by atoms with van der Waals surface area (Å²) in [6, 6.07) is 18.3. The summed E-state index contributed by atoms with van der Waals surface area (Å²) in [7, 11) is 0. The fourth-order valence-corrected chi connectivity index (χ4v) is 8.59. The molecule has 0 radical (unpaired) electrons. The summed E-state index contributed by atoms with van der Waals surface area (Å²) in [6.07, 6.45) is 44.5. The van der Waals surface area contributed by atoms with E-state index in [2.05, 4.69) is 104 Å². The normalized spacial score (nSPS) is 12.3. The Morgan fingerprint density at radius 2 is 0.645 bits per heavy atom. The molecule has 0 atom stereocenters. The van der Waals surface area contributed by atoms with Crippen LogP contribution in [-0.2, 0) is 29.3 Å². The molecule has 62 heavy (non-hydrogen) atoms. The molecule has 3 rings (SSSR count). The van der Waals surface area contributed by atoms with E-state index in [0.29, 0.717) is 0 Å². The minimum atomic E-state index is 0. The quantitative estimate of drug-likeness (QED) is 0.0285. The molecule has 0 saturated carbocycles. The van der Waals surface area contributed by atoms with E-state index < -0.39 is 0 Å². The third-order valence-corrected chi connectivity index (χ3v) is 12.4. The van der Waals surface area contributed by atoms with Gasteiger partial charge in [0.15, 0.2) is 0 Å². The predicted molar refractivity (Wildman–Crippen MR) is 275 cm³/mol.